The lowest BCUT2D eigenvalue weighted by Crippen LogP contribution is -2.48. The van der Waals surface area contributed by atoms with Gasteiger partial charge in [0.15, 0.2) is 5.96 Å². The third-order valence-electron chi connectivity index (χ3n) is 5.00. The molecule has 1 atom stereocenters. The SMILES string of the molecule is CCNC(=NCC(C)(O)CN1CCOCC1)NCCCCN(C)c1ccccc1. The molecule has 1 heterocycles. The summed E-state index contributed by atoms with van der Waals surface area (Å²) in [6, 6.07) is 10.5. The molecular weight excluding hydrogens is 366 g/mol. The molecule has 2 rings (SSSR count). The molecule has 1 aromatic rings. The van der Waals surface area contributed by atoms with Crippen molar-refractivity contribution in [2.75, 3.05) is 71.0 Å². The Hall–Kier alpha value is -1.83. The van der Waals surface area contributed by atoms with Gasteiger partial charge in [-0.2, -0.15) is 0 Å². The van der Waals surface area contributed by atoms with E-state index in [9.17, 15) is 5.11 Å². The third-order valence-corrected chi connectivity index (χ3v) is 5.00. The van der Waals surface area contributed by atoms with Crippen LogP contribution in [0.4, 0.5) is 5.69 Å². The van der Waals surface area contributed by atoms with Gasteiger partial charge in [0.05, 0.1) is 25.4 Å². The van der Waals surface area contributed by atoms with Crippen LogP contribution in [0.25, 0.3) is 0 Å². The van der Waals surface area contributed by atoms with E-state index in [1.165, 1.54) is 5.69 Å². The molecule has 1 aliphatic heterocycles. The highest BCUT2D eigenvalue weighted by Gasteiger charge is 2.25. The predicted molar refractivity (Wildman–Crippen MR) is 121 cm³/mol. The van der Waals surface area contributed by atoms with Gasteiger partial charge < -0.3 is 25.4 Å². The number of aliphatic hydroxyl groups is 1. The van der Waals surface area contributed by atoms with Crippen molar-refractivity contribution in [1.29, 1.82) is 0 Å². The van der Waals surface area contributed by atoms with E-state index in [4.69, 9.17) is 4.74 Å². The van der Waals surface area contributed by atoms with Gasteiger partial charge in [-0.1, -0.05) is 18.2 Å². The average Bonchev–Trinajstić information content (AvgIpc) is 2.72. The number of unbranched alkanes of at least 4 members (excludes halogenated alkanes) is 1. The molecule has 29 heavy (non-hydrogen) atoms. The number of para-hydroxylation sites is 1. The number of rotatable bonds is 11. The van der Waals surface area contributed by atoms with Crippen LogP contribution >= 0.6 is 0 Å². The van der Waals surface area contributed by atoms with Gasteiger partial charge >= 0.3 is 0 Å². The number of hydrogen-bond donors (Lipinski definition) is 3. The van der Waals surface area contributed by atoms with Crippen LogP contribution < -0.4 is 15.5 Å². The first-order chi connectivity index (χ1) is 14.0. The summed E-state index contributed by atoms with van der Waals surface area (Å²) in [4.78, 5) is 9.13. The summed E-state index contributed by atoms with van der Waals surface area (Å²) in [5.74, 6) is 0.770. The molecule has 1 aliphatic rings. The van der Waals surface area contributed by atoms with E-state index >= 15 is 0 Å². The summed E-state index contributed by atoms with van der Waals surface area (Å²) >= 11 is 0. The van der Waals surface area contributed by atoms with Crippen molar-refractivity contribution in [3.05, 3.63) is 30.3 Å². The Morgan fingerprint density at radius 2 is 1.93 bits per heavy atom. The van der Waals surface area contributed by atoms with Crippen molar-refractivity contribution in [1.82, 2.24) is 15.5 Å². The topological polar surface area (TPSA) is 72.4 Å². The zero-order valence-electron chi connectivity index (χ0n) is 18.4. The number of β-amino-alcohol motifs (C(OH)–C–C–N with tert-alkyl or cyclic N) is 1. The van der Waals surface area contributed by atoms with Crippen molar-refractivity contribution in [2.45, 2.75) is 32.3 Å². The Morgan fingerprint density at radius 3 is 2.62 bits per heavy atom. The molecule has 7 nitrogen and oxygen atoms in total. The smallest absolute Gasteiger partial charge is 0.191 e. The number of hydrogen-bond acceptors (Lipinski definition) is 5. The van der Waals surface area contributed by atoms with E-state index in [-0.39, 0.29) is 0 Å². The Labute approximate surface area is 176 Å². The van der Waals surface area contributed by atoms with E-state index in [2.05, 4.69) is 63.7 Å². The molecule has 0 amide bonds. The van der Waals surface area contributed by atoms with Crippen molar-refractivity contribution in [2.24, 2.45) is 4.99 Å². The van der Waals surface area contributed by atoms with Crippen LogP contribution in [0.3, 0.4) is 0 Å². The number of nitrogens with zero attached hydrogens (tertiary/aromatic N) is 3. The lowest BCUT2D eigenvalue weighted by Gasteiger charge is -2.33. The van der Waals surface area contributed by atoms with Crippen molar-refractivity contribution < 1.29 is 9.84 Å². The molecule has 1 fully saturated rings. The molecular formula is C22H39N5O2. The van der Waals surface area contributed by atoms with Crippen molar-refractivity contribution in [3.8, 4) is 0 Å². The highest BCUT2D eigenvalue weighted by Crippen LogP contribution is 2.11. The minimum Gasteiger partial charge on any atom is -0.387 e. The number of aliphatic imine (C=N–C) groups is 1. The van der Waals surface area contributed by atoms with Crippen LogP contribution in [0.5, 0.6) is 0 Å². The summed E-state index contributed by atoms with van der Waals surface area (Å²) in [6.07, 6.45) is 2.16. The summed E-state index contributed by atoms with van der Waals surface area (Å²) in [5, 5.41) is 17.4. The molecule has 164 valence electrons. The molecule has 7 heteroatoms. The number of guanidine groups is 1. The molecule has 1 aromatic carbocycles. The van der Waals surface area contributed by atoms with Gasteiger partial charge in [0.25, 0.3) is 0 Å². The second-order valence-corrected chi connectivity index (χ2v) is 7.97. The highest BCUT2D eigenvalue weighted by atomic mass is 16.5. The van der Waals surface area contributed by atoms with Gasteiger partial charge in [0.2, 0.25) is 0 Å². The number of anilines is 1. The molecule has 0 aliphatic carbocycles. The second kappa shape index (κ2) is 12.7. The van der Waals surface area contributed by atoms with Gasteiger partial charge in [0.1, 0.15) is 0 Å². The molecule has 0 radical (unpaired) electrons. The molecule has 0 bridgehead atoms. The Morgan fingerprint density at radius 1 is 1.21 bits per heavy atom. The lowest BCUT2D eigenvalue weighted by molar-refractivity contribution is -0.0179. The van der Waals surface area contributed by atoms with E-state index in [1.54, 1.807) is 0 Å². The fraction of sp³-hybridized carbons (Fsp3) is 0.682. The van der Waals surface area contributed by atoms with Crippen LogP contribution in [0.1, 0.15) is 26.7 Å². The first kappa shape index (κ1) is 23.4. The largest absolute Gasteiger partial charge is 0.387 e. The van der Waals surface area contributed by atoms with Gasteiger partial charge in [-0.05, 0) is 38.8 Å². The Balaban J connectivity index is 1.69. The van der Waals surface area contributed by atoms with Gasteiger partial charge in [0, 0.05) is 52.0 Å². The van der Waals surface area contributed by atoms with Crippen molar-refractivity contribution >= 4 is 11.6 Å². The standard InChI is InChI=1S/C22H39N5O2/c1-4-23-21(25-18-22(2,28)19-27-14-16-29-17-15-27)24-12-8-9-13-26(3)20-10-6-5-7-11-20/h5-7,10-11,28H,4,8-9,12-19H2,1-3H3,(H2,23,24,25). The fourth-order valence-corrected chi connectivity index (χ4v) is 3.37. The number of benzene rings is 1. The fourth-order valence-electron chi connectivity index (χ4n) is 3.37. The molecule has 0 aromatic heterocycles. The highest BCUT2D eigenvalue weighted by molar-refractivity contribution is 5.79. The normalized spacial score (nSPS) is 17.6. The van der Waals surface area contributed by atoms with Crippen LogP contribution in [0, 0.1) is 0 Å². The first-order valence-corrected chi connectivity index (χ1v) is 10.8. The van der Waals surface area contributed by atoms with E-state index in [0.717, 1.165) is 64.7 Å². The number of morpholine rings is 1. The van der Waals surface area contributed by atoms with Crippen LogP contribution in [0.2, 0.25) is 0 Å². The molecule has 3 N–H and O–H groups in total. The lowest BCUT2D eigenvalue weighted by atomic mass is 10.1. The first-order valence-electron chi connectivity index (χ1n) is 10.8. The molecule has 0 saturated carbocycles. The maximum Gasteiger partial charge on any atom is 0.191 e. The van der Waals surface area contributed by atoms with Crippen LogP contribution in [-0.4, -0.2) is 87.6 Å². The van der Waals surface area contributed by atoms with Crippen molar-refractivity contribution in [3.63, 3.8) is 0 Å². The van der Waals surface area contributed by atoms with Crippen LogP contribution in [-0.2, 0) is 4.74 Å². The molecule has 1 saturated heterocycles. The predicted octanol–water partition coefficient (Wildman–Crippen LogP) is 1.54. The minimum atomic E-state index is -0.849. The van der Waals surface area contributed by atoms with Crippen LogP contribution in [0.15, 0.2) is 35.3 Å². The zero-order chi connectivity index (χ0) is 21.0. The monoisotopic (exact) mass is 405 g/mol. The summed E-state index contributed by atoms with van der Waals surface area (Å²) < 4.78 is 5.37. The maximum atomic E-state index is 10.7. The number of nitrogens with one attached hydrogen (secondary N) is 2. The Kier molecular flexibility index (Phi) is 10.2. The van der Waals surface area contributed by atoms with Gasteiger partial charge in [-0.15, -0.1) is 0 Å². The third kappa shape index (κ3) is 9.47. The summed E-state index contributed by atoms with van der Waals surface area (Å²) in [5.41, 5.74) is 0.399. The summed E-state index contributed by atoms with van der Waals surface area (Å²) in [6.45, 7) is 10.8. The molecule has 1 unspecified atom stereocenters. The zero-order valence-corrected chi connectivity index (χ0v) is 18.4. The molecule has 0 spiro atoms. The summed E-state index contributed by atoms with van der Waals surface area (Å²) in [7, 11) is 2.13. The number of ether oxygens (including phenoxy) is 1. The van der Waals surface area contributed by atoms with E-state index in [1.807, 2.05) is 13.0 Å². The van der Waals surface area contributed by atoms with Gasteiger partial charge in [-0.25, -0.2) is 0 Å². The quantitative estimate of drug-likeness (QED) is 0.295. The second-order valence-electron chi connectivity index (χ2n) is 7.97. The maximum absolute atomic E-state index is 10.7. The minimum absolute atomic E-state index is 0.371. The van der Waals surface area contributed by atoms with Gasteiger partial charge in [-0.3, -0.25) is 9.89 Å². The average molecular weight is 406 g/mol. The Bertz CT molecular complexity index is 588. The van der Waals surface area contributed by atoms with E-state index < -0.39 is 5.60 Å². The van der Waals surface area contributed by atoms with E-state index in [0.29, 0.717) is 13.1 Å².